The fraction of sp³-hybridized carbons (Fsp3) is 0.350. The molecule has 25 heavy (non-hydrogen) atoms. The Kier molecular flexibility index (Phi) is 5.02. The molecule has 132 valence electrons. The van der Waals surface area contributed by atoms with E-state index < -0.39 is 6.10 Å². The van der Waals surface area contributed by atoms with Crippen LogP contribution in [0.5, 0.6) is 5.75 Å². The predicted molar refractivity (Wildman–Crippen MR) is 100 cm³/mol. The maximum atomic E-state index is 10.4. The molecule has 3 rings (SSSR count). The number of benzene rings is 2. The molecular weight excluding hydrogens is 336 g/mol. The molecule has 1 atom stereocenters. The normalized spacial score (nSPS) is 12.6. The van der Waals surface area contributed by atoms with Gasteiger partial charge < -0.3 is 9.84 Å². The van der Waals surface area contributed by atoms with Gasteiger partial charge in [0.2, 0.25) is 6.33 Å². The van der Waals surface area contributed by atoms with Crippen molar-refractivity contribution in [3.8, 4) is 5.75 Å². The van der Waals surface area contributed by atoms with Crippen molar-refractivity contribution in [1.82, 2.24) is 4.57 Å². The van der Waals surface area contributed by atoms with Gasteiger partial charge in [-0.1, -0.05) is 17.7 Å². The number of imidazole rings is 1. The molecule has 1 unspecified atom stereocenters. The van der Waals surface area contributed by atoms with E-state index in [2.05, 4.69) is 35.1 Å². The van der Waals surface area contributed by atoms with Crippen LogP contribution in [-0.4, -0.2) is 22.4 Å². The maximum absolute atomic E-state index is 10.4. The highest BCUT2D eigenvalue weighted by atomic mass is 35.5. The molecule has 0 radical (unpaired) electrons. The van der Waals surface area contributed by atoms with Crippen molar-refractivity contribution >= 4 is 22.6 Å². The average molecular weight is 360 g/mol. The Morgan fingerprint density at radius 3 is 2.64 bits per heavy atom. The topological polar surface area (TPSA) is 38.3 Å². The van der Waals surface area contributed by atoms with Gasteiger partial charge in [0.25, 0.3) is 0 Å². The smallest absolute Gasteiger partial charge is 0.244 e. The van der Waals surface area contributed by atoms with Crippen molar-refractivity contribution < 1.29 is 14.4 Å². The van der Waals surface area contributed by atoms with Crippen LogP contribution in [0.3, 0.4) is 0 Å². The highest BCUT2D eigenvalue weighted by Crippen LogP contribution is 2.25. The summed E-state index contributed by atoms with van der Waals surface area (Å²) in [5.74, 6) is 0.607. The molecule has 0 bridgehead atoms. The van der Waals surface area contributed by atoms with E-state index in [0.717, 1.165) is 16.6 Å². The minimum absolute atomic E-state index is 0.192. The van der Waals surface area contributed by atoms with Crippen LogP contribution < -0.4 is 9.30 Å². The van der Waals surface area contributed by atoms with E-state index in [9.17, 15) is 5.11 Å². The third kappa shape index (κ3) is 3.80. The third-order valence-corrected chi connectivity index (χ3v) is 4.83. The summed E-state index contributed by atoms with van der Waals surface area (Å²) in [4.78, 5) is 0. The zero-order chi connectivity index (χ0) is 18.1. The van der Waals surface area contributed by atoms with E-state index in [0.29, 0.717) is 17.3 Å². The summed E-state index contributed by atoms with van der Waals surface area (Å²) < 4.78 is 9.85. The minimum atomic E-state index is -0.631. The summed E-state index contributed by atoms with van der Waals surface area (Å²) in [7, 11) is 2.02. The van der Waals surface area contributed by atoms with E-state index in [-0.39, 0.29) is 6.61 Å². The first kappa shape index (κ1) is 17.8. The van der Waals surface area contributed by atoms with Gasteiger partial charge in [-0.2, -0.15) is 0 Å². The Morgan fingerprint density at radius 2 is 1.88 bits per heavy atom. The van der Waals surface area contributed by atoms with Crippen molar-refractivity contribution in [2.24, 2.45) is 7.05 Å². The molecule has 1 aromatic heterocycles. The molecule has 5 heteroatoms. The van der Waals surface area contributed by atoms with Crippen molar-refractivity contribution in [3.63, 3.8) is 0 Å². The monoisotopic (exact) mass is 359 g/mol. The van der Waals surface area contributed by atoms with Crippen LogP contribution in [0.2, 0.25) is 5.02 Å². The van der Waals surface area contributed by atoms with Gasteiger partial charge in [0.15, 0.2) is 11.0 Å². The molecule has 0 aliphatic carbocycles. The van der Waals surface area contributed by atoms with E-state index in [1.54, 1.807) is 0 Å². The molecule has 0 fully saturated rings. The fourth-order valence-electron chi connectivity index (χ4n) is 2.96. The number of ether oxygens (including phenoxy) is 1. The number of hydrogen-bond donors (Lipinski definition) is 1. The lowest BCUT2D eigenvalue weighted by Crippen LogP contribution is -2.27. The number of aliphatic hydroxyl groups is 1. The van der Waals surface area contributed by atoms with Crippen molar-refractivity contribution in [2.75, 3.05) is 6.61 Å². The second kappa shape index (κ2) is 7.06. The molecule has 3 aromatic rings. The Labute approximate surface area is 153 Å². The average Bonchev–Trinajstić information content (AvgIpc) is 2.84. The maximum Gasteiger partial charge on any atom is 0.244 e. The zero-order valence-electron chi connectivity index (χ0n) is 15.1. The van der Waals surface area contributed by atoms with Crippen LogP contribution in [0.1, 0.15) is 16.7 Å². The summed E-state index contributed by atoms with van der Waals surface area (Å²) in [6, 6.07) is 9.96. The predicted octanol–water partition coefficient (Wildman–Crippen LogP) is 3.48. The van der Waals surface area contributed by atoms with E-state index in [1.165, 1.54) is 11.1 Å². The number of hydrogen-bond acceptors (Lipinski definition) is 2. The Balaban J connectivity index is 1.75. The van der Waals surface area contributed by atoms with E-state index >= 15 is 0 Å². The quantitative estimate of drug-likeness (QED) is 0.708. The Hall–Kier alpha value is -2.04. The van der Waals surface area contributed by atoms with Crippen LogP contribution in [0, 0.1) is 20.8 Å². The van der Waals surface area contributed by atoms with Crippen molar-refractivity contribution in [3.05, 3.63) is 58.4 Å². The fourth-order valence-corrected chi connectivity index (χ4v) is 3.14. The first-order valence-electron chi connectivity index (χ1n) is 8.38. The minimum Gasteiger partial charge on any atom is -0.489 e. The molecule has 4 nitrogen and oxygen atoms in total. The number of aliphatic hydroxyl groups excluding tert-OH is 1. The van der Waals surface area contributed by atoms with Gasteiger partial charge in [-0.15, -0.1) is 0 Å². The first-order valence-corrected chi connectivity index (χ1v) is 8.75. The van der Waals surface area contributed by atoms with Crippen LogP contribution in [0.25, 0.3) is 11.0 Å². The number of rotatable bonds is 5. The van der Waals surface area contributed by atoms with Crippen LogP contribution in [0.4, 0.5) is 0 Å². The second-order valence-corrected chi connectivity index (χ2v) is 7.11. The third-order valence-electron chi connectivity index (χ3n) is 4.52. The van der Waals surface area contributed by atoms with Gasteiger partial charge in [0.05, 0.1) is 12.1 Å². The van der Waals surface area contributed by atoms with Gasteiger partial charge >= 0.3 is 0 Å². The summed E-state index contributed by atoms with van der Waals surface area (Å²) in [6.45, 7) is 6.85. The number of nitrogens with zero attached hydrogens (tertiary/aromatic N) is 2. The van der Waals surface area contributed by atoms with E-state index in [1.807, 2.05) is 38.5 Å². The molecule has 2 aromatic carbocycles. The van der Waals surface area contributed by atoms with Gasteiger partial charge in [-0.25, -0.2) is 9.13 Å². The second-order valence-electron chi connectivity index (χ2n) is 6.70. The Morgan fingerprint density at radius 1 is 1.16 bits per heavy atom. The van der Waals surface area contributed by atoms with Gasteiger partial charge in [0.1, 0.15) is 25.0 Å². The van der Waals surface area contributed by atoms with E-state index in [4.69, 9.17) is 16.3 Å². The lowest BCUT2D eigenvalue weighted by Gasteiger charge is -2.12. The standard InChI is InChI=1S/C20H24ClN2O2/c1-13-5-6-17(21)20(7-13)25-11-16(24)10-23-12-22(4)18-8-14(2)15(3)9-19(18)23/h5-9,12,16,24H,10-11H2,1-4H3/q+1. The molecule has 1 N–H and O–H groups in total. The highest BCUT2D eigenvalue weighted by molar-refractivity contribution is 6.32. The number of fused-ring (bicyclic) bond motifs is 1. The molecule has 0 saturated heterocycles. The van der Waals surface area contributed by atoms with Crippen molar-refractivity contribution in [2.45, 2.75) is 33.4 Å². The number of aromatic nitrogens is 2. The molecule has 0 saturated carbocycles. The van der Waals surface area contributed by atoms with Gasteiger partial charge in [0, 0.05) is 0 Å². The molecule has 0 aliphatic heterocycles. The summed E-state index contributed by atoms with van der Waals surface area (Å²) in [6.07, 6.45) is 1.38. The molecular formula is C20H24ClN2O2+. The first-order chi connectivity index (χ1) is 11.8. The highest BCUT2D eigenvalue weighted by Gasteiger charge is 2.18. The number of halogens is 1. The number of aryl methyl sites for hydroxylation is 4. The lowest BCUT2D eigenvalue weighted by molar-refractivity contribution is -0.645. The van der Waals surface area contributed by atoms with Crippen LogP contribution in [-0.2, 0) is 13.6 Å². The largest absolute Gasteiger partial charge is 0.489 e. The Bertz CT molecular complexity index is 918. The molecule has 1 heterocycles. The van der Waals surface area contributed by atoms with Crippen LogP contribution >= 0.6 is 11.6 Å². The zero-order valence-corrected chi connectivity index (χ0v) is 15.8. The summed E-state index contributed by atoms with van der Waals surface area (Å²) in [5, 5.41) is 11.0. The molecule has 0 spiro atoms. The van der Waals surface area contributed by atoms with Crippen molar-refractivity contribution in [1.29, 1.82) is 0 Å². The summed E-state index contributed by atoms with van der Waals surface area (Å²) >= 11 is 6.14. The SMILES string of the molecule is Cc1ccc(Cl)c(OCC(O)Cn2c[n+](C)c3cc(C)c(C)cc32)c1. The van der Waals surface area contributed by atoms with Crippen LogP contribution in [0.15, 0.2) is 36.7 Å². The van der Waals surface area contributed by atoms with Gasteiger partial charge in [-0.3, -0.25) is 0 Å². The molecule has 0 aliphatic rings. The van der Waals surface area contributed by atoms with Gasteiger partial charge in [-0.05, 0) is 61.7 Å². The summed E-state index contributed by atoms with van der Waals surface area (Å²) in [5.41, 5.74) is 5.84. The lowest BCUT2D eigenvalue weighted by atomic mass is 10.1. The molecule has 0 amide bonds.